The lowest BCUT2D eigenvalue weighted by Gasteiger charge is -2.08. The molecule has 0 aliphatic rings. The van der Waals surface area contributed by atoms with Gasteiger partial charge in [-0.3, -0.25) is 0 Å². The summed E-state index contributed by atoms with van der Waals surface area (Å²) in [6, 6.07) is 1.67. The molecule has 0 bridgehead atoms. The van der Waals surface area contributed by atoms with Crippen molar-refractivity contribution in [1.82, 2.24) is 0 Å². The van der Waals surface area contributed by atoms with Crippen molar-refractivity contribution in [2.24, 2.45) is 0 Å². The molecule has 9 heteroatoms. The van der Waals surface area contributed by atoms with Crippen molar-refractivity contribution in [1.29, 1.82) is 0 Å². The van der Waals surface area contributed by atoms with E-state index < -0.39 is 25.7 Å². The van der Waals surface area contributed by atoms with Crippen LogP contribution in [0.1, 0.15) is 17.3 Å². The van der Waals surface area contributed by atoms with E-state index in [-0.39, 0.29) is 23.2 Å². The Morgan fingerprint density at radius 1 is 1.40 bits per heavy atom. The molecular formula is C11H11BrClFO5S. The first kappa shape index (κ1) is 17.4. The van der Waals surface area contributed by atoms with Gasteiger partial charge in [0.25, 0.3) is 9.05 Å². The minimum absolute atomic E-state index is 0.000548. The predicted octanol–water partition coefficient (Wildman–Crippen LogP) is 2.71. The summed E-state index contributed by atoms with van der Waals surface area (Å²) in [5.74, 6) is -1.86. The molecule has 1 aromatic rings. The van der Waals surface area contributed by atoms with Crippen molar-refractivity contribution in [2.45, 2.75) is 11.8 Å². The van der Waals surface area contributed by atoms with Gasteiger partial charge in [0, 0.05) is 21.8 Å². The highest BCUT2D eigenvalue weighted by atomic mass is 79.9. The van der Waals surface area contributed by atoms with Gasteiger partial charge in [0.1, 0.15) is 17.3 Å². The summed E-state index contributed by atoms with van der Waals surface area (Å²) < 4.78 is 45.7. The summed E-state index contributed by atoms with van der Waals surface area (Å²) in [6.45, 7) is 2.48. The van der Waals surface area contributed by atoms with E-state index in [4.69, 9.17) is 20.2 Å². The Morgan fingerprint density at radius 2 is 2.05 bits per heavy atom. The Morgan fingerprint density at radius 3 is 2.60 bits per heavy atom. The molecule has 5 nitrogen and oxygen atoms in total. The molecule has 0 aromatic heterocycles. The summed E-state index contributed by atoms with van der Waals surface area (Å²) in [7, 11) is 0.792. The van der Waals surface area contributed by atoms with Gasteiger partial charge in [-0.05, 0) is 35.0 Å². The minimum atomic E-state index is -4.29. The van der Waals surface area contributed by atoms with Gasteiger partial charge < -0.3 is 9.47 Å². The molecule has 0 N–H and O–H groups in total. The smallest absolute Gasteiger partial charge is 0.339 e. The highest BCUT2D eigenvalue weighted by molar-refractivity contribution is 9.10. The molecule has 0 heterocycles. The number of carbonyl (C=O) groups is 1. The van der Waals surface area contributed by atoms with Crippen LogP contribution in [0.3, 0.4) is 0 Å². The van der Waals surface area contributed by atoms with Gasteiger partial charge >= 0.3 is 5.97 Å². The molecule has 1 rings (SSSR count). The molecule has 1 aromatic carbocycles. The maximum Gasteiger partial charge on any atom is 0.339 e. The van der Waals surface area contributed by atoms with Gasteiger partial charge in [-0.15, -0.1) is 0 Å². The van der Waals surface area contributed by atoms with Crippen LogP contribution in [0, 0.1) is 5.82 Å². The second kappa shape index (κ2) is 7.35. The SMILES string of the molecule is CCOCCOC(=O)c1cc(S(=O)(=O)Cl)c(F)cc1Br. The second-order valence-corrected chi connectivity index (χ2v) is 6.92. The van der Waals surface area contributed by atoms with Crippen LogP contribution in [-0.2, 0) is 18.5 Å². The molecule has 0 unspecified atom stereocenters. The average molecular weight is 390 g/mol. The predicted molar refractivity (Wildman–Crippen MR) is 73.9 cm³/mol. The number of halogens is 3. The van der Waals surface area contributed by atoms with Gasteiger partial charge in [-0.1, -0.05) is 0 Å². The van der Waals surface area contributed by atoms with E-state index in [2.05, 4.69) is 15.9 Å². The molecule has 0 spiro atoms. The Hall–Kier alpha value is -0.700. The third-order valence-corrected chi connectivity index (χ3v) is 4.16. The van der Waals surface area contributed by atoms with Crippen molar-refractivity contribution in [2.75, 3.05) is 19.8 Å². The van der Waals surface area contributed by atoms with E-state index in [1.807, 2.05) is 0 Å². The monoisotopic (exact) mass is 388 g/mol. The summed E-state index contributed by atoms with van der Waals surface area (Å²) in [6.07, 6.45) is 0. The summed E-state index contributed by atoms with van der Waals surface area (Å²) >= 11 is 2.96. The minimum Gasteiger partial charge on any atom is -0.460 e. The van der Waals surface area contributed by atoms with Crippen molar-refractivity contribution in [3.8, 4) is 0 Å². The van der Waals surface area contributed by atoms with Crippen LogP contribution in [0.4, 0.5) is 4.39 Å². The van der Waals surface area contributed by atoms with Crippen molar-refractivity contribution < 1.29 is 27.1 Å². The Kier molecular flexibility index (Phi) is 6.38. The van der Waals surface area contributed by atoms with Crippen LogP contribution < -0.4 is 0 Å². The van der Waals surface area contributed by atoms with Gasteiger partial charge in [-0.25, -0.2) is 17.6 Å². The van der Waals surface area contributed by atoms with Crippen LogP contribution >= 0.6 is 26.6 Å². The van der Waals surface area contributed by atoms with Gasteiger partial charge in [0.15, 0.2) is 0 Å². The first-order chi connectivity index (χ1) is 9.27. The Labute approximate surface area is 128 Å². The summed E-state index contributed by atoms with van der Waals surface area (Å²) in [4.78, 5) is 11.0. The summed E-state index contributed by atoms with van der Waals surface area (Å²) in [5, 5.41) is 0. The zero-order valence-corrected chi connectivity index (χ0v) is 13.5. The Bertz CT molecular complexity index is 605. The molecule has 0 saturated carbocycles. The van der Waals surface area contributed by atoms with Crippen LogP contribution in [0.5, 0.6) is 0 Å². The average Bonchev–Trinajstić information content (AvgIpc) is 2.32. The molecule has 0 atom stereocenters. The fourth-order valence-corrected chi connectivity index (χ4v) is 2.67. The molecule has 0 fully saturated rings. The van der Waals surface area contributed by atoms with E-state index in [1.165, 1.54) is 0 Å². The van der Waals surface area contributed by atoms with Crippen LogP contribution in [-0.4, -0.2) is 34.2 Å². The van der Waals surface area contributed by atoms with E-state index in [0.29, 0.717) is 6.61 Å². The van der Waals surface area contributed by atoms with Gasteiger partial charge in [0.2, 0.25) is 0 Å². The largest absolute Gasteiger partial charge is 0.460 e. The maximum atomic E-state index is 13.5. The van der Waals surface area contributed by atoms with Crippen molar-refractivity contribution in [3.63, 3.8) is 0 Å². The molecule has 0 amide bonds. The normalized spacial score (nSPS) is 11.4. The van der Waals surface area contributed by atoms with E-state index in [1.54, 1.807) is 6.92 Å². The molecule has 112 valence electrons. The van der Waals surface area contributed by atoms with E-state index >= 15 is 0 Å². The van der Waals surface area contributed by atoms with E-state index in [9.17, 15) is 17.6 Å². The maximum absolute atomic E-state index is 13.5. The molecule has 0 radical (unpaired) electrons. The topological polar surface area (TPSA) is 69.7 Å². The zero-order valence-electron chi connectivity index (χ0n) is 10.4. The molecule has 20 heavy (non-hydrogen) atoms. The molecule has 0 aliphatic heterocycles. The third-order valence-electron chi connectivity index (χ3n) is 2.17. The van der Waals surface area contributed by atoms with Crippen LogP contribution in [0.25, 0.3) is 0 Å². The first-order valence-corrected chi connectivity index (χ1v) is 8.56. The number of hydrogen-bond donors (Lipinski definition) is 0. The molecule has 0 saturated heterocycles. The summed E-state index contributed by atoms with van der Waals surface area (Å²) in [5.41, 5.74) is -0.137. The van der Waals surface area contributed by atoms with Gasteiger partial charge in [0.05, 0.1) is 12.2 Å². The van der Waals surface area contributed by atoms with Crippen LogP contribution in [0.15, 0.2) is 21.5 Å². The Balaban J connectivity index is 2.98. The van der Waals surface area contributed by atoms with Gasteiger partial charge in [-0.2, -0.15) is 0 Å². The standard InChI is InChI=1S/C11H11BrClFO5S/c1-2-18-3-4-19-11(15)7-5-10(20(13,16)17)9(14)6-8(7)12/h5-6H,2-4H2,1H3. The lowest BCUT2D eigenvalue weighted by molar-refractivity contribution is 0.0334. The van der Waals surface area contributed by atoms with Crippen LogP contribution in [0.2, 0.25) is 0 Å². The number of benzene rings is 1. The lowest BCUT2D eigenvalue weighted by Crippen LogP contribution is -2.12. The quantitative estimate of drug-likeness (QED) is 0.425. The van der Waals surface area contributed by atoms with Crippen molar-refractivity contribution in [3.05, 3.63) is 28.0 Å². The van der Waals surface area contributed by atoms with Crippen molar-refractivity contribution >= 4 is 41.6 Å². The number of carbonyl (C=O) groups excluding carboxylic acids is 1. The molecule has 0 aliphatic carbocycles. The second-order valence-electron chi connectivity index (χ2n) is 3.53. The number of esters is 1. The highest BCUT2D eigenvalue weighted by Crippen LogP contribution is 2.27. The van der Waals surface area contributed by atoms with E-state index in [0.717, 1.165) is 12.1 Å². The number of hydrogen-bond acceptors (Lipinski definition) is 5. The highest BCUT2D eigenvalue weighted by Gasteiger charge is 2.22. The fourth-order valence-electron chi connectivity index (χ4n) is 1.29. The zero-order chi connectivity index (χ0) is 15.3. The number of rotatable bonds is 6. The fraction of sp³-hybridized carbons (Fsp3) is 0.364. The molecular weight excluding hydrogens is 379 g/mol. The number of ether oxygens (including phenoxy) is 2. The first-order valence-electron chi connectivity index (χ1n) is 5.46. The lowest BCUT2D eigenvalue weighted by atomic mass is 10.2. The third kappa shape index (κ3) is 4.69.